The van der Waals surface area contributed by atoms with Gasteiger partial charge in [0, 0.05) is 30.6 Å². The van der Waals surface area contributed by atoms with Gasteiger partial charge in [0.1, 0.15) is 11.0 Å². The third kappa shape index (κ3) is 3.22. The highest BCUT2D eigenvalue weighted by Gasteiger charge is 2.09. The maximum absolute atomic E-state index is 12.3. The molecular formula is C16H13N7O2S. The predicted octanol–water partition coefficient (Wildman–Crippen LogP) is 0.864. The van der Waals surface area contributed by atoms with Gasteiger partial charge in [-0.05, 0) is 30.3 Å². The predicted molar refractivity (Wildman–Crippen MR) is 95.4 cm³/mol. The van der Waals surface area contributed by atoms with Crippen molar-refractivity contribution in [3.63, 3.8) is 0 Å². The van der Waals surface area contributed by atoms with Crippen LogP contribution in [0.1, 0.15) is 10.4 Å². The first-order valence-electron chi connectivity index (χ1n) is 7.79. The normalized spacial score (nSPS) is 10.9. The molecule has 0 saturated carbocycles. The molecule has 0 aliphatic carbocycles. The molecule has 4 rings (SSSR count). The second-order valence-corrected chi connectivity index (χ2v) is 5.96. The Morgan fingerprint density at radius 1 is 1.15 bits per heavy atom. The molecule has 1 N–H and O–H groups in total. The average molecular weight is 367 g/mol. The number of carbonyl (C=O) groups excluding carboxylic acids is 1. The van der Waals surface area contributed by atoms with Crippen molar-refractivity contribution in [2.75, 3.05) is 6.54 Å². The van der Waals surface area contributed by atoms with Gasteiger partial charge < -0.3 is 5.32 Å². The first kappa shape index (κ1) is 16.1. The van der Waals surface area contributed by atoms with Crippen molar-refractivity contribution in [1.29, 1.82) is 0 Å². The smallest absolute Gasteiger partial charge is 0.266 e. The summed E-state index contributed by atoms with van der Waals surface area (Å²) in [7, 11) is 0. The number of amides is 1. The Kier molecular flexibility index (Phi) is 4.23. The third-order valence-corrected chi connectivity index (χ3v) is 4.27. The van der Waals surface area contributed by atoms with Crippen LogP contribution in [0.4, 0.5) is 0 Å². The summed E-state index contributed by atoms with van der Waals surface area (Å²) in [6.45, 7) is 0.516. The molecule has 1 aromatic carbocycles. The summed E-state index contributed by atoms with van der Waals surface area (Å²) in [5.41, 5.74) is 1.70. The van der Waals surface area contributed by atoms with E-state index in [0.717, 1.165) is 17.2 Å². The van der Waals surface area contributed by atoms with Gasteiger partial charge in [-0.25, -0.2) is 9.36 Å². The lowest BCUT2D eigenvalue weighted by Crippen LogP contribution is -2.32. The van der Waals surface area contributed by atoms with Crippen LogP contribution in [-0.4, -0.2) is 40.8 Å². The minimum atomic E-state index is -0.245. The number of rotatable bonds is 5. The molecule has 0 aliphatic heterocycles. The summed E-state index contributed by atoms with van der Waals surface area (Å²) in [5.74, 6) is 0.290. The fraction of sp³-hybridized carbons (Fsp3) is 0.125. The van der Waals surface area contributed by atoms with Crippen LogP contribution in [0.25, 0.3) is 16.9 Å². The summed E-state index contributed by atoms with van der Waals surface area (Å²) in [6.07, 6.45) is 3.37. The lowest BCUT2D eigenvalue weighted by molar-refractivity contribution is 0.0952. The fourth-order valence-corrected chi connectivity index (χ4v) is 2.94. The van der Waals surface area contributed by atoms with Gasteiger partial charge in [-0.1, -0.05) is 0 Å². The first-order valence-corrected chi connectivity index (χ1v) is 8.52. The summed E-state index contributed by atoms with van der Waals surface area (Å²) in [5, 5.41) is 11.1. The molecule has 0 unspecified atom stereocenters. The van der Waals surface area contributed by atoms with Crippen molar-refractivity contribution in [1.82, 2.24) is 33.6 Å². The number of carbonyl (C=O) groups is 1. The van der Waals surface area contributed by atoms with Crippen molar-refractivity contribution in [3.8, 4) is 5.82 Å². The Bertz CT molecular complexity index is 1120. The number of fused-ring (bicyclic) bond motifs is 1. The van der Waals surface area contributed by atoms with E-state index in [4.69, 9.17) is 0 Å². The first-order chi connectivity index (χ1) is 12.7. The van der Waals surface area contributed by atoms with E-state index in [1.54, 1.807) is 47.4 Å². The SMILES string of the molecule is O=C(NCCn1nc(-n2cccn2)ccc1=O)c1ccc2nsnc2c1. The van der Waals surface area contributed by atoms with Crippen LogP contribution >= 0.6 is 11.7 Å². The molecular weight excluding hydrogens is 354 g/mol. The molecule has 10 heteroatoms. The lowest BCUT2D eigenvalue weighted by Gasteiger charge is -2.08. The number of hydrogen-bond donors (Lipinski definition) is 1. The van der Waals surface area contributed by atoms with Crippen molar-refractivity contribution < 1.29 is 4.79 Å². The van der Waals surface area contributed by atoms with Crippen LogP contribution in [0.3, 0.4) is 0 Å². The van der Waals surface area contributed by atoms with Crippen LogP contribution in [0.2, 0.25) is 0 Å². The van der Waals surface area contributed by atoms with Gasteiger partial charge in [-0.3, -0.25) is 9.59 Å². The third-order valence-electron chi connectivity index (χ3n) is 3.72. The van der Waals surface area contributed by atoms with Gasteiger partial charge in [-0.2, -0.15) is 13.8 Å². The Morgan fingerprint density at radius 2 is 2.04 bits per heavy atom. The zero-order valence-corrected chi connectivity index (χ0v) is 14.3. The van der Waals surface area contributed by atoms with Crippen LogP contribution < -0.4 is 10.9 Å². The highest BCUT2D eigenvalue weighted by atomic mass is 32.1. The molecule has 0 spiro atoms. The summed E-state index contributed by atoms with van der Waals surface area (Å²) < 4.78 is 11.1. The average Bonchev–Trinajstić information content (AvgIpc) is 3.34. The molecule has 3 heterocycles. The highest BCUT2D eigenvalue weighted by molar-refractivity contribution is 7.00. The Morgan fingerprint density at radius 3 is 2.88 bits per heavy atom. The molecule has 3 aromatic heterocycles. The lowest BCUT2D eigenvalue weighted by atomic mass is 10.2. The van der Waals surface area contributed by atoms with Crippen LogP contribution in [-0.2, 0) is 6.54 Å². The molecule has 0 atom stereocenters. The van der Waals surface area contributed by atoms with Crippen LogP contribution in [0, 0.1) is 0 Å². The van der Waals surface area contributed by atoms with Gasteiger partial charge in [0.15, 0.2) is 5.82 Å². The minimum absolute atomic E-state index is 0.240. The van der Waals surface area contributed by atoms with Crippen molar-refractivity contribution in [3.05, 3.63) is 64.7 Å². The van der Waals surface area contributed by atoms with Gasteiger partial charge in [-0.15, -0.1) is 5.10 Å². The van der Waals surface area contributed by atoms with E-state index in [2.05, 4.69) is 24.3 Å². The second kappa shape index (κ2) is 6.84. The largest absolute Gasteiger partial charge is 0.350 e. The van der Waals surface area contributed by atoms with Gasteiger partial charge in [0.05, 0.1) is 18.3 Å². The molecule has 130 valence electrons. The number of benzene rings is 1. The molecule has 0 aliphatic rings. The molecule has 0 bridgehead atoms. The maximum atomic E-state index is 12.3. The monoisotopic (exact) mass is 367 g/mol. The number of nitrogens with one attached hydrogen (secondary N) is 1. The highest BCUT2D eigenvalue weighted by Crippen LogP contribution is 2.13. The molecule has 0 saturated heterocycles. The van der Waals surface area contributed by atoms with Crippen molar-refractivity contribution >= 4 is 28.7 Å². The van der Waals surface area contributed by atoms with E-state index in [-0.39, 0.29) is 24.6 Å². The van der Waals surface area contributed by atoms with E-state index in [1.165, 1.54) is 10.7 Å². The quantitative estimate of drug-likeness (QED) is 0.561. The van der Waals surface area contributed by atoms with E-state index in [0.29, 0.717) is 16.9 Å². The molecule has 9 nitrogen and oxygen atoms in total. The molecule has 1 amide bonds. The summed E-state index contributed by atoms with van der Waals surface area (Å²) in [6, 6.07) is 9.94. The van der Waals surface area contributed by atoms with E-state index < -0.39 is 0 Å². The number of aromatic nitrogens is 6. The summed E-state index contributed by atoms with van der Waals surface area (Å²) in [4.78, 5) is 24.2. The molecule has 0 radical (unpaired) electrons. The van der Waals surface area contributed by atoms with E-state index >= 15 is 0 Å². The van der Waals surface area contributed by atoms with E-state index in [9.17, 15) is 9.59 Å². The number of nitrogens with zero attached hydrogens (tertiary/aromatic N) is 6. The molecule has 0 fully saturated rings. The van der Waals surface area contributed by atoms with Gasteiger partial charge >= 0.3 is 0 Å². The Balaban J connectivity index is 1.43. The van der Waals surface area contributed by atoms with Gasteiger partial charge in [0.25, 0.3) is 11.5 Å². The molecule has 4 aromatic rings. The fourth-order valence-electron chi connectivity index (χ4n) is 2.43. The number of hydrogen-bond acceptors (Lipinski definition) is 7. The summed E-state index contributed by atoms with van der Waals surface area (Å²) >= 11 is 1.11. The molecule has 26 heavy (non-hydrogen) atoms. The Labute approximate surface area is 151 Å². The second-order valence-electron chi connectivity index (χ2n) is 5.43. The Hall–Kier alpha value is -3.40. The standard InChI is InChI=1S/C16H13N7O2S/c24-15-5-4-14(22-8-1-6-18-22)19-23(15)9-7-17-16(25)11-2-3-12-13(10-11)21-26-20-12/h1-6,8,10H,7,9H2,(H,17,25). The van der Waals surface area contributed by atoms with Gasteiger partial charge in [0.2, 0.25) is 0 Å². The van der Waals surface area contributed by atoms with Crippen LogP contribution in [0.15, 0.2) is 53.6 Å². The van der Waals surface area contributed by atoms with Crippen molar-refractivity contribution in [2.45, 2.75) is 6.54 Å². The zero-order chi connectivity index (χ0) is 17.9. The van der Waals surface area contributed by atoms with E-state index in [1.807, 2.05) is 0 Å². The topological polar surface area (TPSA) is 108 Å². The van der Waals surface area contributed by atoms with Crippen molar-refractivity contribution in [2.24, 2.45) is 0 Å². The van der Waals surface area contributed by atoms with Crippen LogP contribution in [0.5, 0.6) is 0 Å². The maximum Gasteiger partial charge on any atom is 0.266 e. The zero-order valence-electron chi connectivity index (χ0n) is 13.4. The minimum Gasteiger partial charge on any atom is -0.350 e.